The minimum Gasteiger partial charge on any atom is -0.494 e. The minimum atomic E-state index is -0.680. The lowest BCUT2D eigenvalue weighted by atomic mass is 10.1. The number of Topliss-reactive ketones (excluding diaryl/α,β-unsaturated/α-hetero) is 1. The number of hydrogen-bond donors (Lipinski definition) is 0. The number of ether oxygens (including phenoxy) is 2. The monoisotopic (exact) mass is 453 g/mol. The molecule has 0 aliphatic rings. The first-order chi connectivity index (χ1) is 15.4. The average molecular weight is 453 g/mol. The highest BCUT2D eigenvalue weighted by Gasteiger charge is 2.21. The predicted molar refractivity (Wildman–Crippen MR) is 119 cm³/mol. The van der Waals surface area contributed by atoms with E-state index in [0.29, 0.717) is 16.7 Å². The Balaban J connectivity index is 1.63. The zero-order chi connectivity index (χ0) is 22.8. The van der Waals surface area contributed by atoms with Gasteiger partial charge in [-0.15, -0.1) is 11.3 Å². The van der Waals surface area contributed by atoms with Crippen molar-refractivity contribution in [3.05, 3.63) is 64.9 Å². The smallest absolute Gasteiger partial charge is 0.339 e. The Kier molecular flexibility index (Phi) is 6.00. The fourth-order valence-electron chi connectivity index (χ4n) is 3.25. The molecule has 0 fully saturated rings. The van der Waals surface area contributed by atoms with Crippen LogP contribution in [0.2, 0.25) is 0 Å². The van der Waals surface area contributed by atoms with Crippen molar-refractivity contribution in [2.24, 2.45) is 0 Å². The van der Waals surface area contributed by atoms with E-state index in [-0.39, 0.29) is 22.9 Å². The van der Waals surface area contributed by atoms with E-state index >= 15 is 0 Å². The number of carbonyl (C=O) groups is 2. The Labute approximate surface area is 187 Å². The van der Waals surface area contributed by atoms with Crippen LogP contribution in [0, 0.1) is 5.82 Å². The van der Waals surface area contributed by atoms with Gasteiger partial charge >= 0.3 is 5.97 Å². The summed E-state index contributed by atoms with van der Waals surface area (Å²) in [4.78, 5) is 30.9. The molecule has 4 aromatic rings. The standard InChI is InChI=1S/C23H20FN3O4S/c1-13(2)27-22-16(11-25-27)15(10-18(26-22)21-5-4-8-32-21)23(29)31-12-19(28)14-6-7-20(30-3)17(24)9-14/h4-11,13H,12H2,1-3H3. The van der Waals surface area contributed by atoms with E-state index in [2.05, 4.69) is 5.10 Å². The molecule has 0 radical (unpaired) electrons. The van der Waals surface area contributed by atoms with Crippen molar-refractivity contribution in [2.45, 2.75) is 19.9 Å². The number of esters is 1. The SMILES string of the molecule is COc1ccc(C(=O)COC(=O)c2cc(-c3cccs3)nc3c2cnn3C(C)C)cc1F. The highest BCUT2D eigenvalue weighted by molar-refractivity contribution is 7.13. The largest absolute Gasteiger partial charge is 0.494 e. The van der Waals surface area contributed by atoms with E-state index < -0.39 is 24.2 Å². The van der Waals surface area contributed by atoms with Gasteiger partial charge in [-0.1, -0.05) is 6.07 Å². The number of ketones is 1. The third kappa shape index (κ3) is 4.11. The summed E-state index contributed by atoms with van der Waals surface area (Å²) in [6, 6.07) is 9.31. The van der Waals surface area contributed by atoms with Crippen molar-refractivity contribution in [1.82, 2.24) is 14.8 Å². The first kappa shape index (κ1) is 21.6. The summed E-state index contributed by atoms with van der Waals surface area (Å²) in [5.74, 6) is -1.84. The zero-order valence-corrected chi connectivity index (χ0v) is 18.5. The lowest BCUT2D eigenvalue weighted by molar-refractivity contribution is 0.0476. The van der Waals surface area contributed by atoms with E-state index in [4.69, 9.17) is 14.5 Å². The number of thiophene rings is 1. The number of pyridine rings is 1. The number of hydrogen-bond acceptors (Lipinski definition) is 7. The lowest BCUT2D eigenvalue weighted by Crippen LogP contribution is -2.15. The fraction of sp³-hybridized carbons (Fsp3) is 0.217. The molecule has 0 bridgehead atoms. The van der Waals surface area contributed by atoms with Crippen LogP contribution in [-0.4, -0.2) is 40.2 Å². The molecule has 4 rings (SSSR count). The molecule has 0 spiro atoms. The van der Waals surface area contributed by atoms with Gasteiger partial charge in [0, 0.05) is 11.6 Å². The Morgan fingerprint density at radius 1 is 1.22 bits per heavy atom. The second kappa shape index (κ2) is 8.88. The summed E-state index contributed by atoms with van der Waals surface area (Å²) < 4.78 is 25.8. The molecule has 3 aromatic heterocycles. The number of benzene rings is 1. The number of methoxy groups -OCH3 is 1. The molecule has 3 heterocycles. The molecule has 164 valence electrons. The Bertz CT molecular complexity index is 1300. The summed E-state index contributed by atoms with van der Waals surface area (Å²) in [7, 11) is 1.34. The average Bonchev–Trinajstić information content (AvgIpc) is 3.46. The van der Waals surface area contributed by atoms with Gasteiger partial charge in [0.2, 0.25) is 0 Å². The fourth-order valence-corrected chi connectivity index (χ4v) is 3.93. The van der Waals surface area contributed by atoms with Crippen LogP contribution in [0.3, 0.4) is 0 Å². The van der Waals surface area contributed by atoms with Crippen LogP contribution in [-0.2, 0) is 4.74 Å². The highest BCUT2D eigenvalue weighted by Crippen LogP contribution is 2.29. The Hall–Kier alpha value is -3.59. The maximum atomic E-state index is 13.9. The van der Waals surface area contributed by atoms with Gasteiger partial charge in [0.1, 0.15) is 0 Å². The normalized spacial score (nSPS) is 11.2. The third-order valence-electron chi connectivity index (χ3n) is 4.86. The number of halogens is 1. The van der Waals surface area contributed by atoms with Crippen LogP contribution in [0.25, 0.3) is 21.6 Å². The topological polar surface area (TPSA) is 83.3 Å². The van der Waals surface area contributed by atoms with Crippen LogP contribution >= 0.6 is 11.3 Å². The van der Waals surface area contributed by atoms with E-state index in [1.165, 1.54) is 30.6 Å². The molecule has 0 atom stereocenters. The summed E-state index contributed by atoms with van der Waals surface area (Å²) in [5, 5.41) is 6.81. The van der Waals surface area contributed by atoms with Gasteiger partial charge in [0.15, 0.2) is 29.6 Å². The molecular formula is C23H20FN3O4S. The van der Waals surface area contributed by atoms with Crippen LogP contribution in [0.15, 0.2) is 48.0 Å². The summed E-state index contributed by atoms with van der Waals surface area (Å²) in [6.07, 6.45) is 1.57. The van der Waals surface area contributed by atoms with Gasteiger partial charge in [-0.3, -0.25) is 4.79 Å². The number of fused-ring (bicyclic) bond motifs is 1. The van der Waals surface area contributed by atoms with Gasteiger partial charge in [-0.05, 0) is 49.6 Å². The van der Waals surface area contributed by atoms with Crippen LogP contribution in [0.5, 0.6) is 5.75 Å². The van der Waals surface area contributed by atoms with E-state index in [1.54, 1.807) is 16.9 Å². The molecule has 1 aromatic carbocycles. The molecule has 7 nitrogen and oxygen atoms in total. The Morgan fingerprint density at radius 2 is 2.03 bits per heavy atom. The van der Waals surface area contributed by atoms with Crippen LogP contribution in [0.4, 0.5) is 4.39 Å². The van der Waals surface area contributed by atoms with Crippen molar-refractivity contribution in [3.8, 4) is 16.3 Å². The highest BCUT2D eigenvalue weighted by atomic mass is 32.1. The molecule has 0 aliphatic heterocycles. The quantitative estimate of drug-likeness (QED) is 0.292. The van der Waals surface area contributed by atoms with E-state index in [0.717, 1.165) is 10.9 Å². The second-order valence-electron chi connectivity index (χ2n) is 7.30. The number of carbonyl (C=O) groups excluding carboxylic acids is 2. The maximum absolute atomic E-state index is 13.9. The minimum absolute atomic E-state index is 0.0287. The summed E-state index contributed by atoms with van der Waals surface area (Å²) in [5.41, 5.74) is 1.52. The number of aromatic nitrogens is 3. The molecule has 32 heavy (non-hydrogen) atoms. The van der Waals surface area contributed by atoms with Crippen molar-refractivity contribution in [2.75, 3.05) is 13.7 Å². The molecule has 0 saturated carbocycles. The molecule has 0 saturated heterocycles. The van der Waals surface area contributed by atoms with Crippen molar-refractivity contribution in [1.29, 1.82) is 0 Å². The predicted octanol–water partition coefficient (Wildman–Crippen LogP) is 4.93. The molecule has 0 N–H and O–H groups in total. The van der Waals surface area contributed by atoms with Gasteiger partial charge in [-0.2, -0.15) is 5.10 Å². The molecule has 0 aliphatic carbocycles. The molecule has 0 unspecified atom stereocenters. The summed E-state index contributed by atoms with van der Waals surface area (Å²) >= 11 is 1.50. The lowest BCUT2D eigenvalue weighted by Gasteiger charge is -2.10. The van der Waals surface area contributed by atoms with Gasteiger partial charge in [-0.25, -0.2) is 18.9 Å². The Morgan fingerprint density at radius 3 is 2.69 bits per heavy atom. The van der Waals surface area contributed by atoms with Crippen molar-refractivity contribution in [3.63, 3.8) is 0 Å². The molecular weight excluding hydrogens is 433 g/mol. The van der Waals surface area contributed by atoms with Crippen LogP contribution < -0.4 is 4.74 Å². The third-order valence-corrected chi connectivity index (χ3v) is 5.75. The first-order valence-corrected chi connectivity index (χ1v) is 10.7. The second-order valence-corrected chi connectivity index (χ2v) is 8.25. The van der Waals surface area contributed by atoms with Crippen molar-refractivity contribution < 1.29 is 23.5 Å². The maximum Gasteiger partial charge on any atom is 0.339 e. The zero-order valence-electron chi connectivity index (χ0n) is 17.7. The molecule has 9 heteroatoms. The van der Waals surface area contributed by atoms with E-state index in [9.17, 15) is 14.0 Å². The van der Waals surface area contributed by atoms with Gasteiger partial charge in [0.25, 0.3) is 0 Å². The van der Waals surface area contributed by atoms with Gasteiger partial charge in [0.05, 0.1) is 34.8 Å². The van der Waals surface area contributed by atoms with Gasteiger partial charge < -0.3 is 9.47 Å². The number of rotatable bonds is 7. The van der Waals surface area contributed by atoms with E-state index in [1.807, 2.05) is 31.4 Å². The number of nitrogens with zero attached hydrogens (tertiary/aromatic N) is 3. The van der Waals surface area contributed by atoms with Crippen LogP contribution in [0.1, 0.15) is 40.6 Å². The molecule has 0 amide bonds. The first-order valence-electron chi connectivity index (χ1n) is 9.85. The van der Waals surface area contributed by atoms with Crippen molar-refractivity contribution >= 4 is 34.1 Å². The summed E-state index contributed by atoms with van der Waals surface area (Å²) in [6.45, 7) is 3.41.